The predicted octanol–water partition coefficient (Wildman–Crippen LogP) is 1.22. The lowest BCUT2D eigenvalue weighted by molar-refractivity contribution is -0.152. The van der Waals surface area contributed by atoms with E-state index in [2.05, 4.69) is 5.32 Å². The summed E-state index contributed by atoms with van der Waals surface area (Å²) in [7, 11) is 3.86. The van der Waals surface area contributed by atoms with E-state index < -0.39 is 11.9 Å². The number of unbranched alkanes of at least 4 members (excludes halogenated alkanes) is 1. The Morgan fingerprint density at radius 1 is 0.771 bits per heavy atom. The minimum absolute atomic E-state index is 0.00103. The van der Waals surface area contributed by atoms with Crippen molar-refractivity contribution in [3.05, 3.63) is 0 Å². The zero-order valence-electron chi connectivity index (χ0n) is 20.2. The number of amides is 1. The van der Waals surface area contributed by atoms with Crippen LogP contribution in [0.4, 0.5) is 0 Å². The Labute approximate surface area is 214 Å². The average Bonchev–Trinajstić information content (AvgIpc) is 3.37. The van der Waals surface area contributed by atoms with Gasteiger partial charge in [0, 0.05) is 30.4 Å². The van der Waals surface area contributed by atoms with E-state index in [1.165, 1.54) is 12.2 Å². The first kappa shape index (κ1) is 31.5. The number of carbonyl (C=O) groups is 4. The van der Waals surface area contributed by atoms with E-state index in [9.17, 15) is 19.2 Å². The van der Waals surface area contributed by atoms with Gasteiger partial charge in [-0.3, -0.25) is 19.2 Å². The summed E-state index contributed by atoms with van der Waals surface area (Å²) in [6, 6.07) is 0. The van der Waals surface area contributed by atoms with Gasteiger partial charge in [-0.05, 0) is 19.3 Å². The zero-order chi connectivity index (χ0) is 25.6. The fourth-order valence-electron chi connectivity index (χ4n) is 2.82. The summed E-state index contributed by atoms with van der Waals surface area (Å²) in [4.78, 5) is 45.9. The van der Waals surface area contributed by atoms with Crippen LogP contribution in [-0.4, -0.2) is 94.2 Å². The van der Waals surface area contributed by atoms with E-state index in [0.717, 1.165) is 19.3 Å². The lowest BCUT2D eigenvalue weighted by atomic mass is 10.1. The topological polar surface area (TPSA) is 152 Å². The quantitative estimate of drug-likeness (QED) is 0.0935. The molecule has 1 saturated heterocycles. The molecule has 1 aliphatic rings. The molecule has 13 heteroatoms. The molecule has 1 fully saturated rings. The number of nitrogens with two attached hydrogens (primary N) is 1. The van der Waals surface area contributed by atoms with E-state index in [1.807, 2.05) is 21.6 Å². The summed E-state index contributed by atoms with van der Waals surface area (Å²) in [5.74, 6) is -0.357. The number of ether oxygens (including phenoxy) is 5. The molecule has 0 aromatic carbocycles. The Balaban J connectivity index is 1.84. The summed E-state index contributed by atoms with van der Waals surface area (Å²) in [5, 5.41) is 3.35. The number of hydrogen-bond donors (Lipinski definition) is 2. The van der Waals surface area contributed by atoms with Gasteiger partial charge in [-0.1, -0.05) is 28.0 Å². The van der Waals surface area contributed by atoms with Gasteiger partial charge in [-0.15, -0.1) is 0 Å². The molecule has 0 aromatic heterocycles. The van der Waals surface area contributed by atoms with Crippen molar-refractivity contribution in [2.24, 2.45) is 5.73 Å². The first-order valence-corrected chi connectivity index (χ1v) is 14.3. The van der Waals surface area contributed by atoms with Gasteiger partial charge in [0.25, 0.3) is 0 Å². The summed E-state index contributed by atoms with van der Waals surface area (Å²) < 4.78 is 25.3. The Bertz CT molecular complexity index is 620. The number of nitrogens with one attached hydrogen (secondary N) is 1. The highest BCUT2D eigenvalue weighted by molar-refractivity contribution is 8.77. The fourth-order valence-corrected chi connectivity index (χ4v) is 5.85. The number of carbonyl (C=O) groups excluding carboxylic acids is 4. The largest absolute Gasteiger partial charge is 0.462 e. The highest BCUT2D eigenvalue weighted by Crippen LogP contribution is 2.39. The molecule has 0 radical (unpaired) electrons. The summed E-state index contributed by atoms with van der Waals surface area (Å²) in [6.07, 6.45) is 4.53. The monoisotopic (exact) mass is 538 g/mol. The standard InChI is InChI=1S/C22H38N2O9S2/c23-17-22(28)33-13-12-30-11-10-29-9-8-24-19(25)5-6-21(27)32-15-14-31-20(26)4-2-1-3-18-7-16-34-35-18/h18H,1-17,23H2,(H,24,25). The van der Waals surface area contributed by atoms with E-state index in [1.54, 1.807) is 0 Å². The maximum atomic E-state index is 11.7. The van der Waals surface area contributed by atoms with E-state index >= 15 is 0 Å². The van der Waals surface area contributed by atoms with Crippen molar-refractivity contribution in [1.29, 1.82) is 0 Å². The lowest BCUT2D eigenvalue weighted by Crippen LogP contribution is -2.28. The van der Waals surface area contributed by atoms with Gasteiger partial charge in [0.2, 0.25) is 5.91 Å². The molecule has 1 heterocycles. The lowest BCUT2D eigenvalue weighted by Gasteiger charge is -2.08. The molecule has 1 aliphatic heterocycles. The molecule has 202 valence electrons. The zero-order valence-corrected chi connectivity index (χ0v) is 21.8. The highest BCUT2D eigenvalue weighted by Gasteiger charge is 2.16. The minimum atomic E-state index is -0.520. The van der Waals surface area contributed by atoms with Crippen molar-refractivity contribution in [2.75, 3.05) is 65.1 Å². The first-order valence-electron chi connectivity index (χ1n) is 11.9. The summed E-state index contributed by atoms with van der Waals surface area (Å²) in [6.45, 7) is 1.49. The minimum Gasteiger partial charge on any atom is -0.462 e. The Hall–Kier alpha value is -1.54. The summed E-state index contributed by atoms with van der Waals surface area (Å²) in [5.41, 5.74) is 5.09. The van der Waals surface area contributed by atoms with Crippen LogP contribution in [0.5, 0.6) is 0 Å². The molecule has 0 aliphatic carbocycles. The smallest absolute Gasteiger partial charge is 0.319 e. The molecular weight excluding hydrogens is 500 g/mol. The van der Waals surface area contributed by atoms with Crippen molar-refractivity contribution in [2.45, 2.75) is 50.2 Å². The molecular formula is C22H38N2O9S2. The normalized spacial score (nSPS) is 14.9. The van der Waals surface area contributed by atoms with Crippen LogP contribution in [-0.2, 0) is 42.9 Å². The molecule has 11 nitrogen and oxygen atoms in total. The molecule has 1 amide bonds. The number of esters is 3. The van der Waals surface area contributed by atoms with E-state index in [0.29, 0.717) is 38.0 Å². The molecule has 0 spiro atoms. The Morgan fingerprint density at radius 2 is 1.40 bits per heavy atom. The van der Waals surface area contributed by atoms with Gasteiger partial charge < -0.3 is 34.7 Å². The Morgan fingerprint density at radius 3 is 2.09 bits per heavy atom. The van der Waals surface area contributed by atoms with Crippen LogP contribution in [0.1, 0.15) is 44.9 Å². The number of rotatable bonds is 21. The van der Waals surface area contributed by atoms with Crippen LogP contribution in [0.2, 0.25) is 0 Å². The molecule has 0 bridgehead atoms. The van der Waals surface area contributed by atoms with Crippen molar-refractivity contribution in [3.63, 3.8) is 0 Å². The van der Waals surface area contributed by atoms with Crippen LogP contribution in [0, 0.1) is 0 Å². The van der Waals surface area contributed by atoms with Crippen molar-refractivity contribution >= 4 is 45.4 Å². The van der Waals surface area contributed by atoms with Gasteiger partial charge in [0.05, 0.1) is 39.4 Å². The maximum absolute atomic E-state index is 11.7. The van der Waals surface area contributed by atoms with Crippen molar-refractivity contribution in [3.8, 4) is 0 Å². The van der Waals surface area contributed by atoms with Crippen molar-refractivity contribution < 1.29 is 42.9 Å². The van der Waals surface area contributed by atoms with Crippen LogP contribution in [0.25, 0.3) is 0 Å². The maximum Gasteiger partial charge on any atom is 0.319 e. The fraction of sp³-hybridized carbons (Fsp3) is 0.818. The highest BCUT2D eigenvalue weighted by atomic mass is 33.1. The van der Waals surface area contributed by atoms with E-state index in [-0.39, 0.29) is 57.7 Å². The third-order valence-corrected chi connectivity index (χ3v) is 7.65. The average molecular weight is 539 g/mol. The number of hydrogen-bond acceptors (Lipinski definition) is 12. The van der Waals surface area contributed by atoms with Gasteiger partial charge in [-0.2, -0.15) is 0 Å². The van der Waals surface area contributed by atoms with E-state index in [4.69, 9.17) is 29.4 Å². The summed E-state index contributed by atoms with van der Waals surface area (Å²) >= 11 is 0. The molecule has 1 rings (SSSR count). The van der Waals surface area contributed by atoms with Gasteiger partial charge >= 0.3 is 17.9 Å². The van der Waals surface area contributed by atoms with Crippen molar-refractivity contribution in [1.82, 2.24) is 5.32 Å². The molecule has 0 saturated carbocycles. The molecule has 1 atom stereocenters. The Kier molecular flexibility index (Phi) is 19.5. The molecule has 3 N–H and O–H groups in total. The third kappa shape index (κ3) is 19.3. The van der Waals surface area contributed by atoms with Crippen LogP contribution < -0.4 is 11.1 Å². The predicted molar refractivity (Wildman–Crippen MR) is 133 cm³/mol. The SMILES string of the molecule is NCC(=O)OCCOCCOCCNC(=O)CCC(=O)OCCOC(=O)CCCCC1CCSS1. The second-order valence-corrected chi connectivity index (χ2v) is 10.3. The molecule has 0 aromatic rings. The molecule has 35 heavy (non-hydrogen) atoms. The van der Waals surface area contributed by atoms with Crippen LogP contribution in [0.3, 0.4) is 0 Å². The third-order valence-electron chi connectivity index (χ3n) is 4.65. The molecule has 1 unspecified atom stereocenters. The van der Waals surface area contributed by atoms with Crippen LogP contribution >= 0.6 is 21.6 Å². The second kappa shape index (κ2) is 21.7. The van der Waals surface area contributed by atoms with Crippen LogP contribution in [0.15, 0.2) is 0 Å². The van der Waals surface area contributed by atoms with Gasteiger partial charge in [0.1, 0.15) is 19.8 Å². The second-order valence-electron chi connectivity index (χ2n) is 7.51. The first-order chi connectivity index (χ1) is 17.0. The van der Waals surface area contributed by atoms with Gasteiger partial charge in [0.15, 0.2) is 0 Å². The van der Waals surface area contributed by atoms with Gasteiger partial charge in [-0.25, -0.2) is 0 Å².